The molecule has 2 aromatic rings. The standard InChI is InChI=1S/C23H30N4O4/c1-4-24-23(27-14-16(2)20(15-27)22(29)30-3)26-12-17-7-5-8-18(11-17)21(28)25-13-19-9-6-10-31-19/h5-11,16,20H,4,12-15H2,1-3H3,(H,24,26)(H,25,28). The van der Waals surface area contributed by atoms with Crippen molar-refractivity contribution in [2.75, 3.05) is 26.7 Å². The number of methoxy groups -OCH3 is 1. The first-order valence-electron chi connectivity index (χ1n) is 10.5. The lowest BCUT2D eigenvalue weighted by molar-refractivity contribution is -0.145. The number of carbonyl (C=O) groups excluding carboxylic acids is 2. The van der Waals surface area contributed by atoms with Gasteiger partial charge in [-0.3, -0.25) is 9.59 Å². The summed E-state index contributed by atoms with van der Waals surface area (Å²) in [5.41, 5.74) is 1.50. The summed E-state index contributed by atoms with van der Waals surface area (Å²) in [7, 11) is 1.43. The van der Waals surface area contributed by atoms with Gasteiger partial charge in [0.2, 0.25) is 0 Å². The number of carbonyl (C=O) groups is 2. The molecule has 1 fully saturated rings. The molecule has 1 aliphatic rings. The van der Waals surface area contributed by atoms with Crippen LogP contribution in [0.4, 0.5) is 0 Å². The molecular weight excluding hydrogens is 396 g/mol. The van der Waals surface area contributed by atoms with Gasteiger partial charge in [-0.2, -0.15) is 0 Å². The molecule has 8 heteroatoms. The van der Waals surface area contributed by atoms with Crippen molar-refractivity contribution in [3.8, 4) is 0 Å². The van der Waals surface area contributed by atoms with Gasteiger partial charge in [0.25, 0.3) is 5.91 Å². The normalized spacial score (nSPS) is 18.7. The zero-order valence-corrected chi connectivity index (χ0v) is 18.3. The summed E-state index contributed by atoms with van der Waals surface area (Å²) in [6.45, 7) is 6.87. The van der Waals surface area contributed by atoms with E-state index in [4.69, 9.17) is 14.1 Å². The van der Waals surface area contributed by atoms with E-state index >= 15 is 0 Å². The van der Waals surface area contributed by atoms with Crippen LogP contribution in [-0.2, 0) is 22.6 Å². The molecule has 3 rings (SSSR count). The fourth-order valence-electron chi connectivity index (χ4n) is 3.68. The Morgan fingerprint density at radius 2 is 2.06 bits per heavy atom. The highest BCUT2D eigenvalue weighted by molar-refractivity contribution is 5.94. The molecule has 166 valence electrons. The van der Waals surface area contributed by atoms with E-state index in [9.17, 15) is 9.59 Å². The number of aliphatic imine (C=N–C) groups is 1. The highest BCUT2D eigenvalue weighted by Crippen LogP contribution is 2.24. The maximum atomic E-state index is 12.5. The minimum Gasteiger partial charge on any atom is -0.469 e. The summed E-state index contributed by atoms with van der Waals surface area (Å²) >= 11 is 0. The van der Waals surface area contributed by atoms with Crippen LogP contribution in [0.5, 0.6) is 0 Å². The quantitative estimate of drug-likeness (QED) is 0.401. The molecule has 2 N–H and O–H groups in total. The fraction of sp³-hybridized carbons (Fsp3) is 0.435. The van der Waals surface area contributed by atoms with Crippen LogP contribution in [0, 0.1) is 11.8 Å². The van der Waals surface area contributed by atoms with Crippen molar-refractivity contribution in [3.63, 3.8) is 0 Å². The van der Waals surface area contributed by atoms with Gasteiger partial charge in [-0.15, -0.1) is 0 Å². The first kappa shape index (κ1) is 22.4. The Morgan fingerprint density at radius 3 is 2.77 bits per heavy atom. The predicted molar refractivity (Wildman–Crippen MR) is 117 cm³/mol. The summed E-state index contributed by atoms with van der Waals surface area (Å²) in [5, 5.41) is 6.15. The molecule has 0 spiro atoms. The van der Waals surface area contributed by atoms with Crippen LogP contribution >= 0.6 is 0 Å². The molecular formula is C23H30N4O4. The first-order chi connectivity index (χ1) is 15.0. The molecule has 1 saturated heterocycles. The highest BCUT2D eigenvalue weighted by atomic mass is 16.5. The third-order valence-corrected chi connectivity index (χ3v) is 5.35. The molecule has 1 aromatic carbocycles. The number of nitrogens with one attached hydrogen (secondary N) is 2. The van der Waals surface area contributed by atoms with Crippen molar-refractivity contribution in [2.45, 2.75) is 26.9 Å². The number of hydrogen-bond acceptors (Lipinski definition) is 5. The number of benzene rings is 1. The lowest BCUT2D eigenvalue weighted by atomic mass is 9.99. The maximum Gasteiger partial charge on any atom is 0.310 e. The molecule has 2 atom stereocenters. The van der Waals surface area contributed by atoms with E-state index in [2.05, 4.69) is 22.5 Å². The van der Waals surface area contributed by atoms with Gasteiger partial charge >= 0.3 is 5.97 Å². The number of rotatable bonds is 7. The Bertz CT molecular complexity index is 910. The molecule has 1 aromatic heterocycles. The number of guanidine groups is 1. The third kappa shape index (κ3) is 5.87. The van der Waals surface area contributed by atoms with E-state index in [1.165, 1.54) is 7.11 Å². The van der Waals surface area contributed by atoms with Gasteiger partial charge in [-0.05, 0) is 42.7 Å². The van der Waals surface area contributed by atoms with Gasteiger partial charge in [-0.1, -0.05) is 19.1 Å². The average molecular weight is 427 g/mol. The van der Waals surface area contributed by atoms with Crippen molar-refractivity contribution in [3.05, 3.63) is 59.5 Å². The van der Waals surface area contributed by atoms with Gasteiger partial charge in [0, 0.05) is 25.2 Å². The van der Waals surface area contributed by atoms with Gasteiger partial charge in [0.05, 0.1) is 32.4 Å². The molecule has 2 unspecified atom stereocenters. The number of hydrogen-bond donors (Lipinski definition) is 2. The van der Waals surface area contributed by atoms with Crippen molar-refractivity contribution in [2.24, 2.45) is 16.8 Å². The van der Waals surface area contributed by atoms with Crippen LogP contribution in [-0.4, -0.2) is 49.5 Å². The minimum absolute atomic E-state index is 0.157. The van der Waals surface area contributed by atoms with Gasteiger partial charge in [0.15, 0.2) is 5.96 Å². The van der Waals surface area contributed by atoms with E-state index in [1.54, 1.807) is 18.4 Å². The molecule has 2 heterocycles. The number of likely N-dealkylation sites (tertiary alicyclic amines) is 1. The van der Waals surface area contributed by atoms with E-state index in [-0.39, 0.29) is 23.7 Å². The van der Waals surface area contributed by atoms with Crippen LogP contribution in [0.25, 0.3) is 0 Å². The Labute approximate surface area is 182 Å². The van der Waals surface area contributed by atoms with Crippen LogP contribution in [0.2, 0.25) is 0 Å². The Balaban J connectivity index is 1.65. The fourth-order valence-corrected chi connectivity index (χ4v) is 3.68. The molecule has 8 nitrogen and oxygen atoms in total. The zero-order valence-electron chi connectivity index (χ0n) is 18.3. The van der Waals surface area contributed by atoms with E-state index in [1.807, 2.05) is 31.2 Å². The smallest absolute Gasteiger partial charge is 0.310 e. The number of ether oxygens (including phenoxy) is 1. The first-order valence-corrected chi connectivity index (χ1v) is 10.5. The van der Waals surface area contributed by atoms with E-state index < -0.39 is 0 Å². The van der Waals surface area contributed by atoms with Crippen LogP contribution in [0.1, 0.15) is 35.5 Å². The monoisotopic (exact) mass is 426 g/mol. The molecule has 1 aliphatic heterocycles. The summed E-state index contributed by atoms with van der Waals surface area (Å²) in [6, 6.07) is 11.0. The summed E-state index contributed by atoms with van der Waals surface area (Å²) in [6.07, 6.45) is 1.58. The maximum absolute atomic E-state index is 12.5. The van der Waals surface area contributed by atoms with Crippen LogP contribution in [0.3, 0.4) is 0 Å². The molecule has 0 radical (unpaired) electrons. The Hall–Kier alpha value is -3.29. The lowest BCUT2D eigenvalue weighted by Crippen LogP contribution is -2.40. The van der Waals surface area contributed by atoms with Crippen molar-refractivity contribution in [1.29, 1.82) is 0 Å². The number of nitrogens with zero attached hydrogens (tertiary/aromatic N) is 2. The molecule has 0 bridgehead atoms. The number of amides is 1. The van der Waals surface area contributed by atoms with Gasteiger partial charge in [0.1, 0.15) is 5.76 Å². The SMILES string of the molecule is CCNC(=NCc1cccc(C(=O)NCc2ccco2)c1)N1CC(C)C(C(=O)OC)C1. The van der Waals surface area contributed by atoms with Crippen LogP contribution in [0.15, 0.2) is 52.1 Å². The molecule has 1 amide bonds. The van der Waals surface area contributed by atoms with Crippen molar-refractivity contribution < 1.29 is 18.7 Å². The largest absolute Gasteiger partial charge is 0.469 e. The summed E-state index contributed by atoms with van der Waals surface area (Å²) in [4.78, 5) is 31.3. The third-order valence-electron chi connectivity index (χ3n) is 5.35. The Kier molecular flexibility index (Phi) is 7.70. The highest BCUT2D eigenvalue weighted by Gasteiger charge is 2.36. The van der Waals surface area contributed by atoms with Crippen molar-refractivity contribution >= 4 is 17.8 Å². The second-order valence-electron chi connectivity index (χ2n) is 7.64. The Morgan fingerprint density at radius 1 is 1.23 bits per heavy atom. The predicted octanol–water partition coefficient (Wildman–Crippen LogP) is 2.42. The van der Waals surface area contributed by atoms with Gasteiger partial charge in [-0.25, -0.2) is 4.99 Å². The van der Waals surface area contributed by atoms with Crippen LogP contribution < -0.4 is 10.6 Å². The second kappa shape index (κ2) is 10.7. The van der Waals surface area contributed by atoms with E-state index in [0.29, 0.717) is 31.0 Å². The topological polar surface area (TPSA) is 96.2 Å². The van der Waals surface area contributed by atoms with Crippen molar-refractivity contribution in [1.82, 2.24) is 15.5 Å². The molecule has 0 saturated carbocycles. The lowest BCUT2D eigenvalue weighted by Gasteiger charge is -2.21. The number of esters is 1. The summed E-state index contributed by atoms with van der Waals surface area (Å²) in [5.74, 6) is 1.15. The molecule has 31 heavy (non-hydrogen) atoms. The zero-order chi connectivity index (χ0) is 22.2. The second-order valence-corrected chi connectivity index (χ2v) is 7.64. The van der Waals surface area contributed by atoms with Gasteiger partial charge < -0.3 is 24.7 Å². The average Bonchev–Trinajstić information content (AvgIpc) is 3.44. The van der Waals surface area contributed by atoms with E-state index in [0.717, 1.165) is 24.6 Å². The molecule has 0 aliphatic carbocycles. The number of furan rings is 1. The summed E-state index contributed by atoms with van der Waals surface area (Å²) < 4.78 is 10.2. The minimum atomic E-state index is -0.181.